The van der Waals surface area contributed by atoms with Crippen LogP contribution in [0.15, 0.2) is 42.6 Å². The number of nitrogens with zero attached hydrogens (tertiary/aromatic N) is 3. The maximum atomic E-state index is 12.3. The average molecular weight is 451 g/mol. The normalized spacial score (nSPS) is 13.7. The molecule has 158 valence electrons. The summed E-state index contributed by atoms with van der Waals surface area (Å²) in [5.74, 6) is -0.611. The van der Waals surface area contributed by atoms with Crippen LogP contribution in [0, 0.1) is 0 Å². The number of benzene rings is 1. The third-order valence-corrected chi connectivity index (χ3v) is 5.28. The summed E-state index contributed by atoms with van der Waals surface area (Å²) in [4.78, 5) is 44.2. The van der Waals surface area contributed by atoms with Gasteiger partial charge in [-0.05, 0) is 30.3 Å². The average Bonchev–Trinajstić information content (AvgIpc) is 2.78. The number of nitrogens with one attached hydrogen (secondary N) is 1. The number of aromatic nitrogens is 1. The van der Waals surface area contributed by atoms with Crippen molar-refractivity contribution in [2.75, 3.05) is 44.2 Å². The molecule has 2 aromatic rings. The molecule has 0 spiro atoms. The number of esters is 1. The fourth-order valence-electron chi connectivity index (χ4n) is 2.90. The molecule has 1 N–H and O–H groups in total. The zero-order valence-corrected chi connectivity index (χ0v) is 17.5. The van der Waals surface area contributed by atoms with E-state index in [1.807, 2.05) is 18.2 Å². The van der Waals surface area contributed by atoms with Crippen LogP contribution in [0.3, 0.4) is 0 Å². The second-order valence-corrected chi connectivity index (χ2v) is 7.34. The largest absolute Gasteiger partial charge is 0.454 e. The van der Waals surface area contributed by atoms with Crippen LogP contribution in [0.25, 0.3) is 0 Å². The number of carbonyl (C=O) groups excluding carboxylic acids is 3. The molecule has 1 aliphatic heterocycles. The second kappa shape index (κ2) is 10.3. The lowest BCUT2D eigenvalue weighted by Gasteiger charge is -2.35. The van der Waals surface area contributed by atoms with Crippen LogP contribution in [-0.4, -0.2) is 67.0 Å². The first-order chi connectivity index (χ1) is 14.4. The topological polar surface area (TPSA) is 91.8 Å². The second-order valence-electron chi connectivity index (χ2n) is 6.53. The quantitative estimate of drug-likeness (QED) is 0.676. The number of anilines is 1. The van der Waals surface area contributed by atoms with Crippen molar-refractivity contribution in [2.24, 2.45) is 0 Å². The van der Waals surface area contributed by atoms with E-state index >= 15 is 0 Å². The molecule has 10 heteroatoms. The van der Waals surface area contributed by atoms with Crippen LogP contribution < -0.4 is 10.2 Å². The number of carbonyl (C=O) groups is 3. The van der Waals surface area contributed by atoms with Gasteiger partial charge in [0, 0.05) is 37.9 Å². The lowest BCUT2D eigenvalue weighted by Crippen LogP contribution is -2.50. The summed E-state index contributed by atoms with van der Waals surface area (Å²) in [6.45, 7) is 1.60. The van der Waals surface area contributed by atoms with Gasteiger partial charge < -0.3 is 19.9 Å². The van der Waals surface area contributed by atoms with Gasteiger partial charge in [-0.1, -0.05) is 29.3 Å². The van der Waals surface area contributed by atoms with Crippen molar-refractivity contribution in [2.45, 2.75) is 0 Å². The van der Waals surface area contributed by atoms with E-state index in [2.05, 4.69) is 15.2 Å². The van der Waals surface area contributed by atoms with Gasteiger partial charge in [-0.25, -0.2) is 4.98 Å². The first-order valence-corrected chi connectivity index (χ1v) is 10.0. The van der Waals surface area contributed by atoms with Gasteiger partial charge >= 0.3 is 5.97 Å². The Morgan fingerprint density at radius 3 is 2.47 bits per heavy atom. The maximum absolute atomic E-state index is 12.3. The first kappa shape index (κ1) is 21.9. The van der Waals surface area contributed by atoms with Crippen LogP contribution in [0.4, 0.5) is 5.82 Å². The number of rotatable bonds is 6. The van der Waals surface area contributed by atoms with E-state index in [9.17, 15) is 14.4 Å². The summed E-state index contributed by atoms with van der Waals surface area (Å²) in [5.41, 5.74) is 0.263. The number of hydrogen-bond acceptors (Lipinski definition) is 6. The molecule has 2 heterocycles. The van der Waals surface area contributed by atoms with Crippen molar-refractivity contribution < 1.29 is 19.1 Å². The molecular formula is C20H20Cl2N4O4. The molecule has 0 aliphatic carbocycles. The molecule has 1 fully saturated rings. The monoisotopic (exact) mass is 450 g/mol. The van der Waals surface area contributed by atoms with Gasteiger partial charge in [0.05, 0.1) is 10.0 Å². The van der Waals surface area contributed by atoms with Gasteiger partial charge in [-0.15, -0.1) is 0 Å². The maximum Gasteiger partial charge on any atom is 0.325 e. The molecule has 0 unspecified atom stereocenters. The van der Waals surface area contributed by atoms with E-state index in [-0.39, 0.29) is 29.6 Å². The predicted octanol–water partition coefficient (Wildman–Crippen LogP) is 2.01. The lowest BCUT2D eigenvalue weighted by molar-refractivity contribution is -0.151. The van der Waals surface area contributed by atoms with E-state index in [1.165, 1.54) is 18.2 Å². The van der Waals surface area contributed by atoms with Gasteiger partial charge in [0.15, 0.2) is 6.61 Å². The molecule has 1 saturated heterocycles. The fourth-order valence-corrected chi connectivity index (χ4v) is 3.20. The molecular weight excluding hydrogens is 431 g/mol. The molecule has 0 bridgehead atoms. The number of piperazine rings is 1. The predicted molar refractivity (Wildman–Crippen MR) is 113 cm³/mol. The first-order valence-electron chi connectivity index (χ1n) is 9.26. The Kier molecular flexibility index (Phi) is 7.48. The molecule has 30 heavy (non-hydrogen) atoms. The smallest absolute Gasteiger partial charge is 0.325 e. The van der Waals surface area contributed by atoms with Crippen molar-refractivity contribution >= 4 is 46.8 Å². The summed E-state index contributed by atoms with van der Waals surface area (Å²) < 4.78 is 4.98. The van der Waals surface area contributed by atoms with E-state index in [0.29, 0.717) is 31.2 Å². The van der Waals surface area contributed by atoms with Crippen LogP contribution in [0.5, 0.6) is 0 Å². The number of ether oxygens (including phenoxy) is 1. The van der Waals surface area contributed by atoms with Crippen LogP contribution >= 0.6 is 23.2 Å². The Morgan fingerprint density at radius 1 is 1.03 bits per heavy atom. The number of halogens is 2. The van der Waals surface area contributed by atoms with Gasteiger partial charge in [0.25, 0.3) is 11.8 Å². The molecule has 2 amide bonds. The Hall–Kier alpha value is -2.84. The van der Waals surface area contributed by atoms with Crippen LogP contribution in [0.1, 0.15) is 10.4 Å². The summed E-state index contributed by atoms with van der Waals surface area (Å²) in [5, 5.41) is 2.98. The number of hydrogen-bond donors (Lipinski definition) is 1. The molecule has 1 aromatic carbocycles. The summed E-state index contributed by atoms with van der Waals surface area (Å²) in [6.07, 6.45) is 1.73. The van der Waals surface area contributed by atoms with Gasteiger partial charge in [-0.3, -0.25) is 14.4 Å². The van der Waals surface area contributed by atoms with E-state index in [0.717, 1.165) is 5.82 Å². The molecule has 1 aromatic heterocycles. The highest BCUT2D eigenvalue weighted by Crippen LogP contribution is 2.22. The molecule has 1 aliphatic rings. The summed E-state index contributed by atoms with van der Waals surface area (Å²) >= 11 is 11.7. The minimum absolute atomic E-state index is 0.237. The van der Waals surface area contributed by atoms with E-state index in [1.54, 1.807) is 11.1 Å². The molecule has 0 atom stereocenters. The number of amides is 2. The molecule has 3 rings (SSSR count). The highest BCUT2D eigenvalue weighted by Gasteiger charge is 2.22. The highest BCUT2D eigenvalue weighted by molar-refractivity contribution is 6.42. The van der Waals surface area contributed by atoms with Crippen LogP contribution in [0.2, 0.25) is 10.0 Å². The van der Waals surface area contributed by atoms with Crippen LogP contribution in [-0.2, 0) is 14.3 Å². The Labute approximate surface area is 183 Å². The van der Waals surface area contributed by atoms with Gasteiger partial charge in [0.1, 0.15) is 12.4 Å². The Morgan fingerprint density at radius 2 is 1.80 bits per heavy atom. The minimum atomic E-state index is -0.705. The SMILES string of the molecule is O=C(CNC(=O)c1ccc(Cl)c(Cl)c1)OCC(=O)N1CCN(c2ccccn2)CC1. The third-order valence-electron chi connectivity index (χ3n) is 4.54. The summed E-state index contributed by atoms with van der Waals surface area (Å²) in [7, 11) is 0. The van der Waals surface area contributed by atoms with Crippen molar-refractivity contribution in [3.05, 3.63) is 58.2 Å². The Balaban J connectivity index is 1.38. The molecule has 0 radical (unpaired) electrons. The molecule has 8 nitrogen and oxygen atoms in total. The summed E-state index contributed by atoms with van der Waals surface area (Å²) in [6, 6.07) is 10.1. The lowest BCUT2D eigenvalue weighted by atomic mass is 10.2. The third kappa shape index (κ3) is 5.84. The minimum Gasteiger partial charge on any atom is -0.454 e. The van der Waals surface area contributed by atoms with Gasteiger partial charge in [0.2, 0.25) is 0 Å². The van der Waals surface area contributed by atoms with E-state index < -0.39 is 11.9 Å². The molecule has 0 saturated carbocycles. The van der Waals surface area contributed by atoms with Crippen molar-refractivity contribution in [1.29, 1.82) is 0 Å². The van der Waals surface area contributed by atoms with Crippen molar-refractivity contribution in [1.82, 2.24) is 15.2 Å². The number of pyridine rings is 1. The van der Waals surface area contributed by atoms with Crippen molar-refractivity contribution in [3.8, 4) is 0 Å². The zero-order chi connectivity index (χ0) is 21.5. The van der Waals surface area contributed by atoms with Gasteiger partial charge in [-0.2, -0.15) is 0 Å². The fraction of sp³-hybridized carbons (Fsp3) is 0.300. The standard InChI is InChI=1S/C20H20Cl2N4O4/c21-15-5-4-14(11-16(15)22)20(29)24-12-19(28)30-13-18(27)26-9-7-25(8-10-26)17-3-1-2-6-23-17/h1-6,11H,7-10,12-13H2,(H,24,29). The van der Waals surface area contributed by atoms with Crippen molar-refractivity contribution in [3.63, 3.8) is 0 Å². The zero-order valence-electron chi connectivity index (χ0n) is 16.0. The Bertz CT molecular complexity index is 918. The van der Waals surface area contributed by atoms with E-state index in [4.69, 9.17) is 27.9 Å². The highest BCUT2D eigenvalue weighted by atomic mass is 35.5.